The van der Waals surface area contributed by atoms with Crippen molar-refractivity contribution in [3.8, 4) is 0 Å². The maximum atomic E-state index is 2.31. The van der Waals surface area contributed by atoms with Crippen molar-refractivity contribution < 1.29 is 0 Å². The van der Waals surface area contributed by atoms with Gasteiger partial charge in [-0.1, -0.05) is 50.2 Å². The lowest BCUT2D eigenvalue weighted by atomic mass is 10.1. The summed E-state index contributed by atoms with van der Waals surface area (Å²) in [5.74, 6) is 1.16. The summed E-state index contributed by atoms with van der Waals surface area (Å²) >= 11 is 4.01. The van der Waals surface area contributed by atoms with Crippen LogP contribution in [0, 0.1) is 0 Å². The molecule has 0 saturated heterocycles. The van der Waals surface area contributed by atoms with E-state index < -0.39 is 0 Å². The number of thioether (sulfide) groups is 2. The van der Waals surface area contributed by atoms with E-state index in [0.29, 0.717) is 4.75 Å². The van der Waals surface area contributed by atoms with Crippen LogP contribution in [0.2, 0.25) is 0 Å². The minimum Gasteiger partial charge on any atom is -0.125 e. The molecule has 106 valence electrons. The van der Waals surface area contributed by atoms with E-state index in [1.165, 1.54) is 22.6 Å². The average molecular weight is 303 g/mol. The van der Waals surface area contributed by atoms with Crippen molar-refractivity contribution in [2.75, 3.05) is 5.75 Å². The molecule has 0 aromatic heterocycles. The molecule has 0 fully saturated rings. The Balaban J connectivity index is 2.05. The summed E-state index contributed by atoms with van der Waals surface area (Å²) in [7, 11) is 0. The van der Waals surface area contributed by atoms with Crippen molar-refractivity contribution in [3.63, 3.8) is 0 Å². The van der Waals surface area contributed by atoms with E-state index in [0.717, 1.165) is 5.75 Å². The minimum absolute atomic E-state index is 0.321. The van der Waals surface area contributed by atoms with E-state index in [-0.39, 0.29) is 0 Å². The smallest absolute Gasteiger partial charge is 0.0295 e. The normalized spacial score (nSPS) is 11.5. The largest absolute Gasteiger partial charge is 0.125 e. The van der Waals surface area contributed by atoms with Gasteiger partial charge in [0.1, 0.15) is 0 Å². The highest BCUT2D eigenvalue weighted by Crippen LogP contribution is 2.41. The van der Waals surface area contributed by atoms with Crippen LogP contribution in [-0.4, -0.2) is 10.5 Å². The first-order chi connectivity index (χ1) is 9.78. The van der Waals surface area contributed by atoms with Gasteiger partial charge in [-0.3, -0.25) is 0 Å². The van der Waals surface area contributed by atoms with Crippen LogP contribution in [0.1, 0.15) is 26.7 Å². The van der Waals surface area contributed by atoms with Crippen molar-refractivity contribution >= 4 is 23.5 Å². The number of hydrogen-bond acceptors (Lipinski definition) is 2. The molecule has 0 amide bonds. The van der Waals surface area contributed by atoms with Gasteiger partial charge in [-0.2, -0.15) is 0 Å². The fraction of sp³-hybridized carbons (Fsp3) is 0.333. The standard InChI is InChI=1S/C18H22S2/c1-3-18(4-2,20-17-13-9-6-10-14-17)15-19-16-11-7-5-8-12-16/h5-14H,3-4,15H2,1-2H3. The molecule has 0 saturated carbocycles. The summed E-state index contributed by atoms with van der Waals surface area (Å²) in [5, 5.41) is 0. The predicted molar refractivity (Wildman–Crippen MR) is 92.8 cm³/mol. The van der Waals surface area contributed by atoms with Gasteiger partial charge in [0.2, 0.25) is 0 Å². The molecule has 0 bridgehead atoms. The van der Waals surface area contributed by atoms with Crippen molar-refractivity contribution in [2.45, 2.75) is 41.2 Å². The molecule has 2 aromatic rings. The lowest BCUT2D eigenvalue weighted by molar-refractivity contribution is 0.609. The van der Waals surface area contributed by atoms with Crippen LogP contribution in [0.25, 0.3) is 0 Å². The van der Waals surface area contributed by atoms with Crippen LogP contribution in [-0.2, 0) is 0 Å². The van der Waals surface area contributed by atoms with Gasteiger partial charge in [0, 0.05) is 20.3 Å². The highest BCUT2D eigenvalue weighted by Gasteiger charge is 2.27. The molecule has 0 spiro atoms. The predicted octanol–water partition coefficient (Wildman–Crippen LogP) is 6.13. The van der Waals surface area contributed by atoms with Gasteiger partial charge in [0.05, 0.1) is 0 Å². The Morgan fingerprint density at radius 3 is 1.75 bits per heavy atom. The van der Waals surface area contributed by atoms with Crippen LogP contribution in [0.3, 0.4) is 0 Å². The molecular formula is C18H22S2. The zero-order valence-corrected chi connectivity index (χ0v) is 13.8. The summed E-state index contributed by atoms with van der Waals surface area (Å²) in [6.07, 6.45) is 2.39. The van der Waals surface area contributed by atoms with Gasteiger partial charge < -0.3 is 0 Å². The number of hydrogen-bond donors (Lipinski definition) is 0. The van der Waals surface area contributed by atoms with Gasteiger partial charge in [-0.05, 0) is 37.1 Å². The molecule has 20 heavy (non-hydrogen) atoms. The van der Waals surface area contributed by atoms with Crippen LogP contribution in [0.15, 0.2) is 70.5 Å². The first kappa shape index (κ1) is 15.5. The minimum atomic E-state index is 0.321. The van der Waals surface area contributed by atoms with Crippen LogP contribution < -0.4 is 0 Å². The Morgan fingerprint density at radius 1 is 0.750 bits per heavy atom. The Hall–Kier alpha value is -0.860. The summed E-state index contributed by atoms with van der Waals surface area (Å²) in [6.45, 7) is 4.62. The Kier molecular flexibility index (Phi) is 6.06. The Labute approximate surface area is 131 Å². The fourth-order valence-corrected chi connectivity index (χ4v) is 4.78. The van der Waals surface area contributed by atoms with Crippen molar-refractivity contribution in [3.05, 3.63) is 60.7 Å². The van der Waals surface area contributed by atoms with E-state index in [9.17, 15) is 0 Å². The zero-order chi connectivity index (χ0) is 14.3. The molecule has 0 radical (unpaired) electrons. The van der Waals surface area contributed by atoms with Crippen molar-refractivity contribution in [1.82, 2.24) is 0 Å². The quantitative estimate of drug-likeness (QED) is 0.564. The molecule has 0 aliphatic carbocycles. The molecule has 0 heterocycles. The third-order valence-electron chi connectivity index (χ3n) is 3.61. The van der Waals surface area contributed by atoms with Gasteiger partial charge in [-0.15, -0.1) is 23.5 Å². The summed E-state index contributed by atoms with van der Waals surface area (Å²) in [5.41, 5.74) is 0. The molecule has 2 aromatic carbocycles. The molecule has 2 rings (SSSR count). The second kappa shape index (κ2) is 7.80. The maximum Gasteiger partial charge on any atom is 0.0295 e. The molecule has 0 nitrogen and oxygen atoms in total. The van der Waals surface area contributed by atoms with Crippen LogP contribution in [0.5, 0.6) is 0 Å². The second-order valence-electron chi connectivity index (χ2n) is 4.91. The lowest BCUT2D eigenvalue weighted by Gasteiger charge is -2.31. The second-order valence-corrected chi connectivity index (χ2v) is 7.50. The molecule has 0 aliphatic heterocycles. The Bertz CT molecular complexity index is 489. The Morgan fingerprint density at radius 2 is 1.25 bits per heavy atom. The molecule has 0 aliphatic rings. The fourth-order valence-electron chi connectivity index (χ4n) is 2.10. The average Bonchev–Trinajstić information content (AvgIpc) is 2.53. The number of benzene rings is 2. The molecule has 2 heteroatoms. The first-order valence-corrected chi connectivity index (χ1v) is 9.00. The van der Waals surface area contributed by atoms with E-state index in [4.69, 9.17) is 0 Å². The maximum absolute atomic E-state index is 2.31. The monoisotopic (exact) mass is 302 g/mol. The van der Waals surface area contributed by atoms with E-state index in [2.05, 4.69) is 74.5 Å². The summed E-state index contributed by atoms with van der Waals surface area (Å²) in [4.78, 5) is 2.75. The molecular weight excluding hydrogens is 280 g/mol. The summed E-state index contributed by atoms with van der Waals surface area (Å²) in [6, 6.07) is 21.5. The van der Waals surface area contributed by atoms with Crippen LogP contribution in [0.4, 0.5) is 0 Å². The first-order valence-electron chi connectivity index (χ1n) is 7.20. The van der Waals surface area contributed by atoms with E-state index in [1.807, 2.05) is 23.5 Å². The molecule has 0 unspecified atom stereocenters. The van der Waals surface area contributed by atoms with Crippen molar-refractivity contribution in [1.29, 1.82) is 0 Å². The van der Waals surface area contributed by atoms with Gasteiger partial charge in [0.25, 0.3) is 0 Å². The van der Waals surface area contributed by atoms with Gasteiger partial charge in [-0.25, -0.2) is 0 Å². The molecule has 0 N–H and O–H groups in total. The third kappa shape index (κ3) is 4.32. The van der Waals surface area contributed by atoms with Crippen LogP contribution >= 0.6 is 23.5 Å². The van der Waals surface area contributed by atoms with Gasteiger partial charge in [0.15, 0.2) is 0 Å². The topological polar surface area (TPSA) is 0 Å². The zero-order valence-electron chi connectivity index (χ0n) is 12.2. The highest BCUT2D eigenvalue weighted by molar-refractivity contribution is 8.04. The van der Waals surface area contributed by atoms with E-state index >= 15 is 0 Å². The summed E-state index contributed by atoms with van der Waals surface area (Å²) < 4.78 is 0.321. The molecule has 0 atom stereocenters. The SMILES string of the molecule is CCC(CC)(CSc1ccccc1)Sc1ccccc1. The van der Waals surface area contributed by atoms with Gasteiger partial charge >= 0.3 is 0 Å². The third-order valence-corrected chi connectivity index (χ3v) is 6.76. The number of rotatable bonds is 7. The van der Waals surface area contributed by atoms with E-state index in [1.54, 1.807) is 0 Å². The van der Waals surface area contributed by atoms with Crippen molar-refractivity contribution in [2.24, 2.45) is 0 Å². The lowest BCUT2D eigenvalue weighted by Crippen LogP contribution is -2.25. The highest BCUT2D eigenvalue weighted by atomic mass is 32.2.